The molecule has 0 unspecified atom stereocenters. The van der Waals surface area contributed by atoms with Crippen LogP contribution in [0.4, 0.5) is 0 Å². The molecular weight excluding hydrogens is 194 g/mol. The molecule has 1 rings (SSSR count). The van der Waals surface area contributed by atoms with Crippen molar-refractivity contribution in [1.82, 2.24) is 5.32 Å². The Labute approximate surface area is 100 Å². The molecule has 90 valence electrons. The van der Waals surface area contributed by atoms with E-state index in [0.717, 1.165) is 13.1 Å². The molecule has 0 atom stereocenters. The molecule has 0 aliphatic heterocycles. The van der Waals surface area contributed by atoms with E-state index in [9.17, 15) is 0 Å². The lowest BCUT2D eigenvalue weighted by molar-refractivity contribution is 0.367. The third kappa shape index (κ3) is 6.62. The number of hydrogen-bond acceptors (Lipinski definition) is 1. The Morgan fingerprint density at radius 1 is 1.00 bits per heavy atom. The summed E-state index contributed by atoms with van der Waals surface area (Å²) in [7, 11) is 0. The van der Waals surface area contributed by atoms with Crippen LogP contribution in [0.3, 0.4) is 0 Å². The Balaban J connectivity index is 2.01. The quantitative estimate of drug-likeness (QED) is 0.720. The van der Waals surface area contributed by atoms with Gasteiger partial charge in [-0.15, -0.1) is 0 Å². The lowest BCUT2D eigenvalue weighted by atomic mass is 9.92. The van der Waals surface area contributed by atoms with Crippen molar-refractivity contribution in [3.05, 3.63) is 35.9 Å². The van der Waals surface area contributed by atoms with E-state index >= 15 is 0 Å². The largest absolute Gasteiger partial charge is 0.317 e. The van der Waals surface area contributed by atoms with E-state index in [-0.39, 0.29) is 0 Å². The number of rotatable bonds is 6. The van der Waals surface area contributed by atoms with Gasteiger partial charge in [0.2, 0.25) is 0 Å². The van der Waals surface area contributed by atoms with Gasteiger partial charge in [0, 0.05) is 0 Å². The normalized spacial score (nSPS) is 11.7. The van der Waals surface area contributed by atoms with Crippen molar-refractivity contribution in [2.75, 3.05) is 13.1 Å². The molecule has 0 aliphatic rings. The van der Waals surface area contributed by atoms with Gasteiger partial charge < -0.3 is 5.32 Å². The summed E-state index contributed by atoms with van der Waals surface area (Å²) in [5.41, 5.74) is 1.90. The van der Waals surface area contributed by atoms with Gasteiger partial charge in [0.15, 0.2) is 0 Å². The molecule has 0 saturated carbocycles. The van der Waals surface area contributed by atoms with Gasteiger partial charge in [-0.2, -0.15) is 0 Å². The summed E-state index contributed by atoms with van der Waals surface area (Å²) in [5, 5.41) is 3.51. The highest BCUT2D eigenvalue weighted by Gasteiger charge is 2.08. The highest BCUT2D eigenvalue weighted by Crippen LogP contribution is 2.16. The molecule has 0 bridgehead atoms. The predicted molar refractivity (Wildman–Crippen MR) is 71.7 cm³/mol. The first-order valence-electron chi connectivity index (χ1n) is 6.32. The summed E-state index contributed by atoms with van der Waals surface area (Å²) in [4.78, 5) is 0. The predicted octanol–water partition coefficient (Wildman–Crippen LogP) is 3.65. The van der Waals surface area contributed by atoms with Crippen LogP contribution in [0, 0.1) is 5.41 Å². The maximum Gasteiger partial charge on any atom is -0.00439 e. The Bertz CT molecular complexity index is 271. The lowest BCUT2D eigenvalue weighted by Gasteiger charge is -2.18. The summed E-state index contributed by atoms with van der Waals surface area (Å²) in [6.45, 7) is 9.14. The van der Waals surface area contributed by atoms with Gasteiger partial charge in [0.25, 0.3) is 0 Å². The molecule has 1 aromatic carbocycles. The van der Waals surface area contributed by atoms with Crippen LogP contribution in [0.15, 0.2) is 30.3 Å². The van der Waals surface area contributed by atoms with Gasteiger partial charge in [-0.05, 0) is 43.3 Å². The minimum absolute atomic E-state index is 0.451. The van der Waals surface area contributed by atoms with E-state index in [4.69, 9.17) is 0 Å². The van der Waals surface area contributed by atoms with Crippen molar-refractivity contribution in [2.24, 2.45) is 5.41 Å². The van der Waals surface area contributed by atoms with Crippen LogP contribution >= 0.6 is 0 Å². The second kappa shape index (κ2) is 6.70. The van der Waals surface area contributed by atoms with Crippen LogP contribution < -0.4 is 5.32 Å². The van der Waals surface area contributed by atoms with E-state index < -0.39 is 0 Å². The maximum absolute atomic E-state index is 3.51. The number of benzene rings is 1. The molecule has 0 saturated heterocycles. The molecule has 1 heteroatoms. The van der Waals surface area contributed by atoms with Crippen LogP contribution in [-0.2, 0) is 6.42 Å². The maximum atomic E-state index is 3.51. The molecule has 0 amide bonds. The van der Waals surface area contributed by atoms with Crippen LogP contribution in [-0.4, -0.2) is 13.1 Å². The van der Waals surface area contributed by atoms with Crippen LogP contribution in [0.25, 0.3) is 0 Å². The van der Waals surface area contributed by atoms with Crippen molar-refractivity contribution in [2.45, 2.75) is 40.0 Å². The van der Waals surface area contributed by atoms with Gasteiger partial charge in [-0.25, -0.2) is 0 Å². The molecule has 0 heterocycles. The summed E-state index contributed by atoms with van der Waals surface area (Å²) < 4.78 is 0. The average molecular weight is 219 g/mol. The third-order valence-corrected chi connectivity index (χ3v) is 2.71. The van der Waals surface area contributed by atoms with Gasteiger partial charge in [-0.3, -0.25) is 0 Å². The van der Waals surface area contributed by atoms with Crippen LogP contribution in [0.1, 0.15) is 39.2 Å². The fourth-order valence-electron chi connectivity index (χ4n) is 1.65. The lowest BCUT2D eigenvalue weighted by Crippen LogP contribution is -2.21. The number of nitrogens with one attached hydrogen (secondary N) is 1. The van der Waals surface area contributed by atoms with E-state index in [1.54, 1.807) is 0 Å². The van der Waals surface area contributed by atoms with Gasteiger partial charge in [-0.1, -0.05) is 51.1 Å². The first kappa shape index (κ1) is 13.2. The summed E-state index contributed by atoms with van der Waals surface area (Å²) >= 11 is 0. The monoisotopic (exact) mass is 219 g/mol. The minimum Gasteiger partial charge on any atom is -0.317 e. The Morgan fingerprint density at radius 2 is 1.69 bits per heavy atom. The average Bonchev–Trinajstić information content (AvgIpc) is 2.23. The van der Waals surface area contributed by atoms with Crippen molar-refractivity contribution in [1.29, 1.82) is 0 Å². The molecule has 0 aliphatic carbocycles. The zero-order chi connectivity index (χ0) is 11.9. The first-order valence-corrected chi connectivity index (χ1v) is 6.32. The van der Waals surface area contributed by atoms with Crippen molar-refractivity contribution in [3.63, 3.8) is 0 Å². The fourth-order valence-corrected chi connectivity index (χ4v) is 1.65. The zero-order valence-electron chi connectivity index (χ0n) is 10.9. The first-order chi connectivity index (χ1) is 7.58. The topological polar surface area (TPSA) is 12.0 Å². The minimum atomic E-state index is 0.451. The molecule has 0 spiro atoms. The van der Waals surface area contributed by atoms with Gasteiger partial charge >= 0.3 is 0 Å². The van der Waals surface area contributed by atoms with Crippen molar-refractivity contribution in [3.8, 4) is 0 Å². The van der Waals surface area contributed by atoms with Crippen molar-refractivity contribution >= 4 is 0 Å². The fraction of sp³-hybridized carbons (Fsp3) is 0.600. The summed E-state index contributed by atoms with van der Waals surface area (Å²) in [6, 6.07) is 10.7. The van der Waals surface area contributed by atoms with E-state index in [2.05, 4.69) is 56.4 Å². The van der Waals surface area contributed by atoms with Gasteiger partial charge in [0.05, 0.1) is 0 Å². The molecule has 0 radical (unpaired) electrons. The van der Waals surface area contributed by atoms with E-state index in [1.807, 2.05) is 0 Å². The molecule has 0 aromatic heterocycles. The Kier molecular flexibility index (Phi) is 5.54. The molecule has 0 fully saturated rings. The zero-order valence-corrected chi connectivity index (χ0v) is 10.9. The second-order valence-electron chi connectivity index (χ2n) is 5.65. The van der Waals surface area contributed by atoms with E-state index in [0.29, 0.717) is 5.41 Å². The van der Waals surface area contributed by atoms with Crippen LogP contribution in [0.2, 0.25) is 0 Å². The molecular formula is C15H25N. The van der Waals surface area contributed by atoms with E-state index in [1.165, 1.54) is 24.8 Å². The molecule has 1 N–H and O–H groups in total. The standard InChI is InChI=1S/C15H25N/c1-15(2,3)11-13-16-12-7-10-14-8-5-4-6-9-14/h4-6,8-9,16H,7,10-13H2,1-3H3. The number of hydrogen-bond donors (Lipinski definition) is 1. The van der Waals surface area contributed by atoms with Crippen LogP contribution in [0.5, 0.6) is 0 Å². The summed E-state index contributed by atoms with van der Waals surface area (Å²) in [5.74, 6) is 0. The SMILES string of the molecule is CC(C)(C)CCNCCCc1ccccc1. The van der Waals surface area contributed by atoms with Crippen molar-refractivity contribution < 1.29 is 0 Å². The molecule has 16 heavy (non-hydrogen) atoms. The summed E-state index contributed by atoms with van der Waals surface area (Å²) in [6.07, 6.45) is 3.66. The Morgan fingerprint density at radius 3 is 2.31 bits per heavy atom. The smallest absolute Gasteiger partial charge is 0.00439 e. The second-order valence-corrected chi connectivity index (χ2v) is 5.65. The highest BCUT2D eigenvalue weighted by atomic mass is 14.8. The Hall–Kier alpha value is -0.820. The highest BCUT2D eigenvalue weighted by molar-refractivity contribution is 5.14. The molecule has 1 nitrogen and oxygen atoms in total. The third-order valence-electron chi connectivity index (χ3n) is 2.71. The van der Waals surface area contributed by atoms with Gasteiger partial charge in [0.1, 0.15) is 0 Å². The number of aryl methyl sites for hydroxylation is 1. The molecule has 1 aromatic rings.